The van der Waals surface area contributed by atoms with Gasteiger partial charge in [0.25, 0.3) is 0 Å². The van der Waals surface area contributed by atoms with Crippen LogP contribution in [0.4, 0.5) is 90.4 Å². The Bertz CT molecular complexity index is 1630. The van der Waals surface area contributed by atoms with Crippen molar-refractivity contribution < 1.29 is 88.5 Å². The van der Waals surface area contributed by atoms with E-state index < -0.39 is 117 Å². The molecule has 3 aromatic carbocycles. The van der Waals surface area contributed by atoms with Gasteiger partial charge in [-0.2, -0.15) is 79.0 Å². The summed E-state index contributed by atoms with van der Waals surface area (Å²) in [6.07, 6.45) is -36.3. The average molecular weight is 700 g/mol. The Labute approximate surface area is 242 Å². The summed E-state index contributed by atoms with van der Waals surface area (Å²) in [5, 5.41) is 0. The Hall–Kier alpha value is -4.40. The largest absolute Gasteiger partial charge is 0.456 e. The highest BCUT2D eigenvalue weighted by molar-refractivity contribution is 5.64. The number of anilines is 2. The fraction of sp³-hybridized carbons (Fsp3) is 0.250. The second kappa shape index (κ2) is 11.1. The zero-order valence-electron chi connectivity index (χ0n) is 21.2. The Morgan fingerprint density at radius 3 is 1.07 bits per heavy atom. The molecule has 0 saturated heterocycles. The van der Waals surface area contributed by atoms with Gasteiger partial charge in [-0.3, -0.25) is 0 Å². The van der Waals surface area contributed by atoms with Gasteiger partial charge < -0.3 is 20.9 Å². The Morgan fingerprint density at radius 1 is 0.391 bits per heavy atom. The quantitative estimate of drug-likeness (QED) is 0.210. The molecule has 46 heavy (non-hydrogen) atoms. The van der Waals surface area contributed by atoms with Crippen LogP contribution in [0.3, 0.4) is 0 Å². The van der Waals surface area contributed by atoms with E-state index in [1.54, 1.807) is 0 Å². The summed E-state index contributed by atoms with van der Waals surface area (Å²) in [4.78, 5) is 0. The molecule has 0 aromatic heterocycles. The predicted octanol–water partition coefficient (Wildman–Crippen LogP) is 10.5. The SMILES string of the molecule is Nc1ccc(C(F)(F)F)c(Oc2cc(Oc3c(C(F)(F)F)ccc(N)c3C(F)(F)F)c(C(F)(F)F)c(C(F)(F)F)c2)c1C(F)(F)F. The lowest BCUT2D eigenvalue weighted by Crippen LogP contribution is -2.20. The maximum atomic E-state index is 13.9. The molecule has 254 valence electrons. The summed E-state index contributed by atoms with van der Waals surface area (Å²) in [5.74, 6) is -9.76. The van der Waals surface area contributed by atoms with Crippen LogP contribution in [0.1, 0.15) is 33.4 Å². The molecule has 0 amide bonds. The summed E-state index contributed by atoms with van der Waals surface area (Å²) in [5.41, 5.74) is -9.39. The topological polar surface area (TPSA) is 70.5 Å². The lowest BCUT2D eigenvalue weighted by atomic mass is 10.0. The van der Waals surface area contributed by atoms with E-state index in [0.717, 1.165) is 0 Å². The zero-order valence-corrected chi connectivity index (χ0v) is 21.2. The van der Waals surface area contributed by atoms with Crippen molar-refractivity contribution >= 4 is 11.4 Å². The van der Waals surface area contributed by atoms with Gasteiger partial charge in [-0.05, 0) is 30.3 Å². The van der Waals surface area contributed by atoms with Crippen LogP contribution < -0.4 is 20.9 Å². The molecule has 0 heterocycles. The second-order valence-electron chi connectivity index (χ2n) is 8.85. The van der Waals surface area contributed by atoms with Gasteiger partial charge in [0.15, 0.2) is 11.5 Å². The first-order valence-corrected chi connectivity index (χ1v) is 11.3. The van der Waals surface area contributed by atoms with Gasteiger partial charge in [-0.15, -0.1) is 0 Å². The average Bonchev–Trinajstić information content (AvgIpc) is 2.79. The van der Waals surface area contributed by atoms with Gasteiger partial charge in [-0.25, -0.2) is 0 Å². The van der Waals surface area contributed by atoms with Crippen molar-refractivity contribution in [3.8, 4) is 23.0 Å². The molecule has 0 atom stereocenters. The number of nitrogen functional groups attached to an aromatic ring is 2. The van der Waals surface area contributed by atoms with Gasteiger partial charge in [0.1, 0.15) is 28.2 Å². The number of rotatable bonds is 4. The molecule has 0 aliphatic carbocycles. The first kappa shape index (κ1) is 36.1. The minimum Gasteiger partial charge on any atom is -0.456 e. The lowest BCUT2D eigenvalue weighted by molar-refractivity contribution is -0.163. The van der Waals surface area contributed by atoms with Crippen LogP contribution >= 0.6 is 0 Å². The molecular formula is C24H10F18N2O2. The molecule has 0 spiro atoms. The van der Waals surface area contributed by atoms with E-state index in [2.05, 4.69) is 9.47 Å². The lowest BCUT2D eigenvalue weighted by Gasteiger charge is -2.25. The molecule has 0 saturated carbocycles. The minimum absolute atomic E-state index is 0.0268. The maximum Gasteiger partial charge on any atom is 0.421 e. The molecule has 0 fully saturated rings. The normalized spacial score (nSPS) is 13.6. The molecule has 22 heteroatoms. The summed E-state index contributed by atoms with van der Waals surface area (Å²) in [7, 11) is 0. The van der Waals surface area contributed by atoms with E-state index in [4.69, 9.17) is 11.5 Å². The van der Waals surface area contributed by atoms with Crippen molar-refractivity contribution in [1.29, 1.82) is 0 Å². The first-order chi connectivity index (χ1) is 20.5. The Kier molecular flexibility index (Phi) is 8.74. The van der Waals surface area contributed by atoms with Crippen LogP contribution in [-0.2, 0) is 37.1 Å². The minimum atomic E-state index is -6.36. The van der Waals surface area contributed by atoms with E-state index in [9.17, 15) is 79.0 Å². The third-order valence-corrected chi connectivity index (χ3v) is 5.65. The molecule has 4 nitrogen and oxygen atoms in total. The Morgan fingerprint density at radius 2 is 0.739 bits per heavy atom. The summed E-state index contributed by atoms with van der Waals surface area (Å²) >= 11 is 0. The van der Waals surface area contributed by atoms with Crippen LogP contribution in [0.2, 0.25) is 0 Å². The van der Waals surface area contributed by atoms with Crippen molar-refractivity contribution in [2.24, 2.45) is 0 Å². The monoisotopic (exact) mass is 700 g/mol. The molecule has 0 aliphatic heterocycles. The van der Waals surface area contributed by atoms with E-state index >= 15 is 0 Å². The smallest absolute Gasteiger partial charge is 0.421 e. The third-order valence-electron chi connectivity index (χ3n) is 5.65. The standard InChI is InChI=1S/C24H10F18N2O2/c25-19(26,27)8-1-3-11(43)15(23(37,38)39)17(8)45-7-5-10(21(31,32)33)14(22(34,35)36)13(6-7)46-18-9(20(28,29)30)2-4-12(44)16(18)24(40,41)42/h1-6H,43-44H2. The fourth-order valence-electron chi connectivity index (χ4n) is 3.91. The molecule has 0 bridgehead atoms. The number of hydrogen-bond donors (Lipinski definition) is 2. The van der Waals surface area contributed by atoms with Crippen LogP contribution in [0.15, 0.2) is 36.4 Å². The summed E-state index contributed by atoms with van der Waals surface area (Å²) in [6, 6.07) is -1.82. The number of nitrogens with two attached hydrogens (primary N) is 2. The highest BCUT2D eigenvalue weighted by Gasteiger charge is 2.50. The molecule has 0 radical (unpaired) electrons. The van der Waals surface area contributed by atoms with Crippen molar-refractivity contribution in [3.63, 3.8) is 0 Å². The highest BCUT2D eigenvalue weighted by atomic mass is 19.4. The van der Waals surface area contributed by atoms with Gasteiger partial charge in [0, 0.05) is 17.4 Å². The fourth-order valence-corrected chi connectivity index (χ4v) is 3.91. The van der Waals surface area contributed by atoms with Crippen LogP contribution in [-0.4, -0.2) is 0 Å². The molecule has 3 aromatic rings. The van der Waals surface area contributed by atoms with Crippen LogP contribution in [0.25, 0.3) is 0 Å². The molecule has 4 N–H and O–H groups in total. The van der Waals surface area contributed by atoms with Gasteiger partial charge >= 0.3 is 37.1 Å². The van der Waals surface area contributed by atoms with Gasteiger partial charge in [0.05, 0.1) is 16.7 Å². The second-order valence-corrected chi connectivity index (χ2v) is 8.85. The van der Waals surface area contributed by atoms with Crippen molar-refractivity contribution in [2.45, 2.75) is 37.1 Å². The maximum absolute atomic E-state index is 13.9. The van der Waals surface area contributed by atoms with Gasteiger partial charge in [-0.1, -0.05) is 0 Å². The first-order valence-electron chi connectivity index (χ1n) is 11.3. The van der Waals surface area contributed by atoms with Gasteiger partial charge in [0.2, 0.25) is 0 Å². The Balaban J connectivity index is 2.52. The number of alkyl halides is 18. The van der Waals surface area contributed by atoms with E-state index in [-0.39, 0.29) is 24.3 Å². The molecule has 3 rings (SSSR count). The van der Waals surface area contributed by atoms with E-state index in [1.807, 2.05) is 0 Å². The number of halogens is 18. The van der Waals surface area contributed by atoms with Crippen molar-refractivity contribution in [2.75, 3.05) is 11.5 Å². The number of ether oxygens (including phenoxy) is 2. The van der Waals surface area contributed by atoms with Crippen molar-refractivity contribution in [3.05, 3.63) is 69.8 Å². The summed E-state index contributed by atoms with van der Waals surface area (Å²) < 4.78 is 256. The number of benzene rings is 3. The van der Waals surface area contributed by atoms with E-state index in [1.165, 1.54) is 0 Å². The summed E-state index contributed by atoms with van der Waals surface area (Å²) in [6.45, 7) is 0. The van der Waals surface area contributed by atoms with Crippen molar-refractivity contribution in [1.82, 2.24) is 0 Å². The third kappa shape index (κ3) is 7.35. The molecule has 0 unspecified atom stereocenters. The zero-order chi connectivity index (χ0) is 35.6. The molecule has 0 aliphatic rings. The van der Waals surface area contributed by atoms with Crippen LogP contribution in [0, 0.1) is 0 Å². The van der Waals surface area contributed by atoms with E-state index in [0.29, 0.717) is 0 Å². The number of hydrogen-bond acceptors (Lipinski definition) is 4. The van der Waals surface area contributed by atoms with Crippen LogP contribution in [0.5, 0.6) is 23.0 Å². The molecular weight excluding hydrogens is 690 g/mol. The predicted molar refractivity (Wildman–Crippen MR) is 118 cm³/mol. The highest BCUT2D eigenvalue weighted by Crippen LogP contribution is 2.54.